The third-order valence-corrected chi connectivity index (χ3v) is 8.07. The monoisotopic (exact) mass is 562 g/mol. The summed E-state index contributed by atoms with van der Waals surface area (Å²) in [6, 6.07) is 10.7. The summed E-state index contributed by atoms with van der Waals surface area (Å²) in [7, 11) is -2.72. The highest BCUT2D eigenvalue weighted by molar-refractivity contribution is 7.51. The van der Waals surface area contributed by atoms with Crippen molar-refractivity contribution >= 4 is 30.0 Å². The summed E-state index contributed by atoms with van der Waals surface area (Å²) in [6.07, 6.45) is 7.45. The molecule has 3 saturated heterocycles. The molecule has 8 rings (SSSR count). The first-order chi connectivity index (χ1) is 19.3. The van der Waals surface area contributed by atoms with Crippen molar-refractivity contribution in [3.8, 4) is 22.8 Å². The molecular formula is C26H27N8O5P. The number of methoxy groups -OCH3 is 1. The van der Waals surface area contributed by atoms with Crippen molar-refractivity contribution in [2.24, 2.45) is 0 Å². The van der Waals surface area contributed by atoms with Gasteiger partial charge in [0.25, 0.3) is 0 Å². The van der Waals surface area contributed by atoms with Crippen molar-refractivity contribution in [1.29, 1.82) is 0 Å². The van der Waals surface area contributed by atoms with Crippen molar-refractivity contribution in [2.75, 3.05) is 31.4 Å². The van der Waals surface area contributed by atoms with Crippen LogP contribution in [0, 0.1) is 0 Å². The minimum Gasteiger partial charge on any atom is -0.481 e. The average molecular weight is 563 g/mol. The molecule has 0 amide bonds. The number of aromatic nitrogens is 6. The number of hydrogen-bond acceptors (Lipinski definition) is 9. The molecule has 3 fully saturated rings. The summed E-state index contributed by atoms with van der Waals surface area (Å²) in [5.41, 5.74) is 4.17. The highest BCUT2D eigenvalue weighted by Gasteiger charge is 2.44. The molecule has 5 aromatic heterocycles. The van der Waals surface area contributed by atoms with E-state index < -0.39 is 13.9 Å². The lowest BCUT2D eigenvalue weighted by atomic mass is 9.87. The zero-order valence-electron chi connectivity index (χ0n) is 21.6. The van der Waals surface area contributed by atoms with E-state index in [0.717, 1.165) is 47.5 Å². The van der Waals surface area contributed by atoms with Gasteiger partial charge in [-0.3, -0.25) is 14.6 Å². The number of fused-ring (bicyclic) bond motifs is 5. The van der Waals surface area contributed by atoms with E-state index in [1.807, 2.05) is 30.6 Å². The molecule has 3 N–H and O–H groups in total. The molecule has 0 aliphatic carbocycles. The molecule has 0 spiro atoms. The Kier molecular flexibility index (Phi) is 5.97. The lowest BCUT2D eigenvalue weighted by Crippen LogP contribution is -2.68. The van der Waals surface area contributed by atoms with Crippen molar-refractivity contribution in [3.63, 3.8) is 0 Å². The molecule has 2 bridgehead atoms. The Morgan fingerprint density at radius 2 is 1.95 bits per heavy atom. The van der Waals surface area contributed by atoms with Crippen molar-refractivity contribution in [2.45, 2.75) is 25.0 Å². The molecule has 13 nitrogen and oxygen atoms in total. The molecule has 0 radical (unpaired) electrons. The van der Waals surface area contributed by atoms with E-state index in [9.17, 15) is 14.4 Å². The van der Waals surface area contributed by atoms with Crippen LogP contribution >= 0.6 is 7.60 Å². The fourth-order valence-electron chi connectivity index (χ4n) is 5.70. The predicted molar refractivity (Wildman–Crippen MR) is 146 cm³/mol. The van der Waals surface area contributed by atoms with Gasteiger partial charge < -0.3 is 24.2 Å². The van der Waals surface area contributed by atoms with Gasteiger partial charge in [-0.05, 0) is 30.2 Å². The van der Waals surface area contributed by atoms with Gasteiger partial charge in [-0.2, -0.15) is 5.10 Å². The number of rotatable bonds is 8. The van der Waals surface area contributed by atoms with Gasteiger partial charge in [0.1, 0.15) is 11.6 Å². The highest BCUT2D eigenvalue weighted by Crippen LogP contribution is 2.38. The molecule has 2 unspecified atom stereocenters. The summed E-state index contributed by atoms with van der Waals surface area (Å²) in [5.74, 6) is 1.82. The first-order valence-electron chi connectivity index (χ1n) is 12.8. The Morgan fingerprint density at radius 1 is 1.10 bits per heavy atom. The lowest BCUT2D eigenvalue weighted by Gasteiger charge is -2.56. The molecule has 5 aromatic rings. The van der Waals surface area contributed by atoms with Gasteiger partial charge in [-0.15, -0.1) is 5.10 Å². The maximum atomic E-state index is 11.4. The summed E-state index contributed by atoms with van der Waals surface area (Å²) in [5, 5.41) is 12.3. The number of anilines is 1. The first-order valence-corrected chi connectivity index (χ1v) is 14.6. The number of piperidine rings is 1. The van der Waals surface area contributed by atoms with Crippen LogP contribution in [-0.4, -0.2) is 83.1 Å². The lowest BCUT2D eigenvalue weighted by molar-refractivity contribution is -0.00876. The fourth-order valence-corrected chi connectivity index (χ4v) is 6.02. The minimum absolute atomic E-state index is 0.288. The number of ether oxygens (including phenoxy) is 2. The van der Waals surface area contributed by atoms with Crippen LogP contribution in [-0.2, 0) is 11.1 Å². The number of H-pyrrole nitrogens is 1. The molecular weight excluding hydrogens is 535 g/mol. The number of nitrogens with one attached hydrogen (secondary N) is 1. The standard InChI is InChI=1S/C26H27N8O5P/c1-38-24-5-2-16(8-28-24)11-33-18-6-19(33)13-32(12-18)23-4-3-17(9-27-23)21-7-20(39-15-40(35,36)37)14-34-25(21)22-10-29-30-26(22)31-34/h2-5,7-10,14,18-19H,6,11-13,15H2,1H3,(H,30,31)(H2,35,36,37). The van der Waals surface area contributed by atoms with E-state index in [2.05, 4.69) is 36.1 Å². The third kappa shape index (κ3) is 4.56. The van der Waals surface area contributed by atoms with Gasteiger partial charge in [-0.1, -0.05) is 6.07 Å². The summed E-state index contributed by atoms with van der Waals surface area (Å²) in [6.45, 7) is 2.68. The second-order valence-electron chi connectivity index (χ2n) is 10.2. The maximum Gasteiger partial charge on any atom is 0.362 e. The van der Waals surface area contributed by atoms with E-state index in [1.165, 1.54) is 12.0 Å². The SMILES string of the molecule is COc1ccc(CN2C3CC2CN(c2ccc(-c4cc(OCP(=O)(O)O)cn5nc6[nH]ncc6c45)cn2)C3)cn1. The van der Waals surface area contributed by atoms with Gasteiger partial charge in [0, 0.05) is 61.3 Å². The van der Waals surface area contributed by atoms with E-state index in [0.29, 0.717) is 23.6 Å². The van der Waals surface area contributed by atoms with Gasteiger partial charge in [-0.25, -0.2) is 14.5 Å². The normalized spacial score (nSPS) is 19.2. The van der Waals surface area contributed by atoms with Crippen LogP contribution in [0.25, 0.3) is 27.7 Å². The third-order valence-electron chi connectivity index (χ3n) is 7.60. The number of hydrogen-bond donors (Lipinski definition) is 3. The molecule has 3 aliphatic rings. The Morgan fingerprint density at radius 3 is 2.65 bits per heavy atom. The quantitative estimate of drug-likeness (QED) is 0.239. The van der Waals surface area contributed by atoms with Gasteiger partial charge in [0.2, 0.25) is 5.88 Å². The predicted octanol–water partition coefficient (Wildman–Crippen LogP) is 2.65. The van der Waals surface area contributed by atoms with E-state index in [1.54, 1.807) is 30.1 Å². The van der Waals surface area contributed by atoms with Crippen LogP contribution in [0.5, 0.6) is 11.6 Å². The van der Waals surface area contributed by atoms with Gasteiger partial charge in [0.05, 0.1) is 30.4 Å². The molecule has 3 aliphatic heterocycles. The maximum absolute atomic E-state index is 11.4. The molecule has 40 heavy (non-hydrogen) atoms. The van der Waals surface area contributed by atoms with Gasteiger partial charge in [0.15, 0.2) is 12.0 Å². The van der Waals surface area contributed by atoms with Crippen LogP contribution in [0.3, 0.4) is 0 Å². The molecule has 206 valence electrons. The largest absolute Gasteiger partial charge is 0.481 e. The van der Waals surface area contributed by atoms with Crippen LogP contribution in [0.2, 0.25) is 0 Å². The number of nitrogens with zero attached hydrogens (tertiary/aromatic N) is 7. The second kappa shape index (κ2) is 9.56. The van der Waals surface area contributed by atoms with E-state index >= 15 is 0 Å². The zero-order chi connectivity index (χ0) is 27.4. The summed E-state index contributed by atoms with van der Waals surface area (Å²) < 4.78 is 23.6. The van der Waals surface area contributed by atoms with E-state index in [-0.39, 0.29) is 5.75 Å². The van der Waals surface area contributed by atoms with Gasteiger partial charge >= 0.3 is 7.60 Å². The molecule has 2 atom stereocenters. The zero-order valence-corrected chi connectivity index (χ0v) is 22.5. The summed E-state index contributed by atoms with van der Waals surface area (Å²) in [4.78, 5) is 32.5. The Balaban J connectivity index is 1.11. The average Bonchev–Trinajstić information content (AvgIpc) is 3.56. The Bertz CT molecular complexity index is 1720. The highest BCUT2D eigenvalue weighted by atomic mass is 31.2. The molecule has 14 heteroatoms. The second-order valence-corrected chi connectivity index (χ2v) is 11.8. The van der Waals surface area contributed by atoms with Crippen molar-refractivity contribution < 1.29 is 23.8 Å². The number of aromatic amines is 1. The van der Waals surface area contributed by atoms with Crippen molar-refractivity contribution in [1.82, 2.24) is 34.7 Å². The van der Waals surface area contributed by atoms with Crippen molar-refractivity contribution in [3.05, 3.63) is 60.7 Å². The Hall–Kier alpha value is -4.03. The smallest absolute Gasteiger partial charge is 0.362 e. The van der Waals surface area contributed by atoms with Crippen LogP contribution in [0.4, 0.5) is 5.82 Å². The Labute approximate surface area is 228 Å². The molecule has 0 aromatic carbocycles. The first kappa shape index (κ1) is 25.0. The molecule has 0 saturated carbocycles. The van der Waals surface area contributed by atoms with Crippen LogP contribution < -0.4 is 14.4 Å². The number of piperazine rings is 1. The molecule has 8 heterocycles. The number of pyridine rings is 3. The van der Waals surface area contributed by atoms with Crippen LogP contribution in [0.15, 0.2) is 55.1 Å². The minimum atomic E-state index is -4.34. The topological polar surface area (TPSA) is 154 Å². The summed E-state index contributed by atoms with van der Waals surface area (Å²) >= 11 is 0. The van der Waals surface area contributed by atoms with Crippen LogP contribution in [0.1, 0.15) is 12.0 Å². The fraction of sp³-hybridized carbons (Fsp3) is 0.308. The van der Waals surface area contributed by atoms with E-state index in [4.69, 9.17) is 14.5 Å².